The average Bonchev–Trinajstić information content (AvgIpc) is 2.49. The van der Waals surface area contributed by atoms with Crippen molar-refractivity contribution in [1.29, 1.82) is 0 Å². The van der Waals surface area contributed by atoms with Gasteiger partial charge in [0.25, 0.3) is 0 Å². The van der Waals surface area contributed by atoms with Crippen LogP contribution in [0, 0.1) is 5.92 Å². The van der Waals surface area contributed by atoms with Gasteiger partial charge in [-0.25, -0.2) is 0 Å². The number of rotatable bonds is 6. The van der Waals surface area contributed by atoms with E-state index in [1.807, 2.05) is 12.1 Å². The molecule has 1 heterocycles. The predicted molar refractivity (Wildman–Crippen MR) is 85.4 cm³/mol. The number of benzene rings is 1. The predicted octanol–water partition coefficient (Wildman–Crippen LogP) is 3.89. The zero-order chi connectivity index (χ0) is 15.2. The van der Waals surface area contributed by atoms with Gasteiger partial charge in [-0.05, 0) is 49.9 Å². The summed E-state index contributed by atoms with van der Waals surface area (Å²) in [5.41, 5.74) is 2.16. The minimum atomic E-state index is -0.763. The van der Waals surface area contributed by atoms with Crippen molar-refractivity contribution in [2.75, 3.05) is 13.1 Å². The van der Waals surface area contributed by atoms with Gasteiger partial charge in [0.1, 0.15) is 0 Å². The Kier molecular flexibility index (Phi) is 5.80. The molecule has 1 aliphatic heterocycles. The number of nitrogens with zero attached hydrogens (tertiary/aromatic N) is 1. The summed E-state index contributed by atoms with van der Waals surface area (Å²) in [5, 5.41) is 9.03. The van der Waals surface area contributed by atoms with E-state index in [4.69, 9.17) is 5.11 Å². The Morgan fingerprint density at radius 3 is 2.43 bits per heavy atom. The molecule has 0 bridgehead atoms. The van der Waals surface area contributed by atoms with Crippen LogP contribution in [0.1, 0.15) is 56.6 Å². The molecule has 1 aromatic carbocycles. The Labute approximate surface area is 128 Å². The number of carboxylic acids is 1. The smallest absolute Gasteiger partial charge is 0.310 e. The topological polar surface area (TPSA) is 40.5 Å². The van der Waals surface area contributed by atoms with E-state index in [1.54, 1.807) is 6.92 Å². The van der Waals surface area contributed by atoms with Crippen LogP contribution in [0.2, 0.25) is 0 Å². The highest BCUT2D eigenvalue weighted by Gasteiger charge is 2.18. The molecule has 0 amide bonds. The highest BCUT2D eigenvalue weighted by Crippen LogP contribution is 2.23. The zero-order valence-electron chi connectivity index (χ0n) is 13.2. The first-order valence-corrected chi connectivity index (χ1v) is 8.14. The molecule has 116 valence electrons. The van der Waals surface area contributed by atoms with Crippen molar-refractivity contribution in [2.45, 2.75) is 52.0 Å². The second-order valence-electron chi connectivity index (χ2n) is 6.31. The number of likely N-dealkylation sites (tertiary alicyclic amines) is 1. The van der Waals surface area contributed by atoms with Gasteiger partial charge in [0, 0.05) is 6.54 Å². The summed E-state index contributed by atoms with van der Waals surface area (Å²) in [4.78, 5) is 13.5. The molecule has 21 heavy (non-hydrogen) atoms. The Bertz CT molecular complexity index is 447. The Hall–Kier alpha value is -1.35. The van der Waals surface area contributed by atoms with E-state index >= 15 is 0 Å². The number of carboxylic acid groups (broad SMARTS) is 1. The molecule has 3 nitrogen and oxygen atoms in total. The molecule has 0 radical (unpaired) electrons. The van der Waals surface area contributed by atoms with Gasteiger partial charge in [-0.3, -0.25) is 9.69 Å². The lowest BCUT2D eigenvalue weighted by Crippen LogP contribution is -2.33. The van der Waals surface area contributed by atoms with Gasteiger partial charge in [-0.15, -0.1) is 0 Å². The molecule has 1 N–H and O–H groups in total. The van der Waals surface area contributed by atoms with E-state index in [0.717, 1.165) is 18.0 Å². The number of hydrogen-bond donors (Lipinski definition) is 1. The van der Waals surface area contributed by atoms with Crippen LogP contribution in [0.15, 0.2) is 24.3 Å². The van der Waals surface area contributed by atoms with Crippen LogP contribution in [0.5, 0.6) is 0 Å². The molecule has 1 unspecified atom stereocenters. The first-order valence-electron chi connectivity index (χ1n) is 8.14. The average molecular weight is 289 g/mol. The third kappa shape index (κ3) is 4.57. The normalized spacial score (nSPS) is 18.6. The second-order valence-corrected chi connectivity index (χ2v) is 6.31. The number of aliphatic carboxylic acids is 1. The minimum Gasteiger partial charge on any atom is -0.481 e. The lowest BCUT2D eigenvalue weighted by Gasteiger charge is -2.31. The number of piperidine rings is 1. The van der Waals surface area contributed by atoms with Gasteiger partial charge >= 0.3 is 5.97 Å². The lowest BCUT2D eigenvalue weighted by atomic mass is 9.92. The Balaban J connectivity index is 1.85. The standard InChI is InChI=1S/C18H27NO2/c1-3-4-15-9-11-19(12-10-15)13-16-5-7-17(8-6-16)14(2)18(20)21/h5-8,14-15H,3-4,9-13H2,1-2H3,(H,20,21). The molecule has 1 aliphatic rings. The SMILES string of the molecule is CCCC1CCN(Cc2ccc(C(C)C(=O)O)cc2)CC1. The first kappa shape index (κ1) is 16.0. The summed E-state index contributed by atoms with van der Waals surface area (Å²) in [7, 11) is 0. The lowest BCUT2D eigenvalue weighted by molar-refractivity contribution is -0.138. The number of carbonyl (C=O) groups is 1. The Morgan fingerprint density at radius 1 is 1.29 bits per heavy atom. The highest BCUT2D eigenvalue weighted by atomic mass is 16.4. The molecule has 1 aromatic rings. The molecular formula is C18H27NO2. The van der Waals surface area contributed by atoms with Gasteiger partial charge in [0.2, 0.25) is 0 Å². The summed E-state index contributed by atoms with van der Waals surface area (Å²) in [5.74, 6) is -0.269. The third-order valence-corrected chi connectivity index (χ3v) is 4.66. The fourth-order valence-electron chi connectivity index (χ4n) is 3.15. The summed E-state index contributed by atoms with van der Waals surface area (Å²) in [6.45, 7) is 7.37. The first-order chi connectivity index (χ1) is 10.1. The molecule has 1 fully saturated rings. The maximum atomic E-state index is 11.0. The van der Waals surface area contributed by atoms with Crippen LogP contribution in [-0.4, -0.2) is 29.1 Å². The molecule has 1 saturated heterocycles. The van der Waals surface area contributed by atoms with Crippen LogP contribution in [0.3, 0.4) is 0 Å². The molecule has 0 aromatic heterocycles. The fraction of sp³-hybridized carbons (Fsp3) is 0.611. The van der Waals surface area contributed by atoms with Gasteiger partial charge in [-0.2, -0.15) is 0 Å². The maximum Gasteiger partial charge on any atom is 0.310 e. The molecule has 0 saturated carbocycles. The largest absolute Gasteiger partial charge is 0.481 e. The van der Waals surface area contributed by atoms with E-state index < -0.39 is 11.9 Å². The van der Waals surface area contributed by atoms with Crippen molar-refractivity contribution in [3.05, 3.63) is 35.4 Å². The van der Waals surface area contributed by atoms with Crippen LogP contribution in [0.4, 0.5) is 0 Å². The Morgan fingerprint density at radius 2 is 1.90 bits per heavy atom. The summed E-state index contributed by atoms with van der Waals surface area (Å²) >= 11 is 0. The van der Waals surface area contributed by atoms with E-state index in [-0.39, 0.29) is 0 Å². The second kappa shape index (κ2) is 7.60. The number of hydrogen-bond acceptors (Lipinski definition) is 2. The van der Waals surface area contributed by atoms with Crippen LogP contribution in [-0.2, 0) is 11.3 Å². The monoisotopic (exact) mass is 289 g/mol. The zero-order valence-corrected chi connectivity index (χ0v) is 13.2. The highest BCUT2D eigenvalue weighted by molar-refractivity contribution is 5.75. The van der Waals surface area contributed by atoms with Gasteiger partial charge in [-0.1, -0.05) is 44.0 Å². The molecule has 3 heteroatoms. The van der Waals surface area contributed by atoms with E-state index in [2.05, 4.69) is 24.0 Å². The maximum absolute atomic E-state index is 11.0. The van der Waals surface area contributed by atoms with Crippen LogP contribution >= 0.6 is 0 Å². The summed E-state index contributed by atoms with van der Waals surface area (Å²) in [6, 6.07) is 8.07. The van der Waals surface area contributed by atoms with E-state index in [9.17, 15) is 4.79 Å². The van der Waals surface area contributed by atoms with Crippen molar-refractivity contribution < 1.29 is 9.90 Å². The quantitative estimate of drug-likeness (QED) is 0.863. The minimum absolute atomic E-state index is 0.427. The molecular weight excluding hydrogens is 262 g/mol. The summed E-state index contributed by atoms with van der Waals surface area (Å²) in [6.07, 6.45) is 5.31. The van der Waals surface area contributed by atoms with E-state index in [0.29, 0.717) is 0 Å². The molecule has 2 rings (SSSR count). The van der Waals surface area contributed by atoms with Gasteiger partial charge in [0.15, 0.2) is 0 Å². The van der Waals surface area contributed by atoms with Crippen molar-refractivity contribution in [3.8, 4) is 0 Å². The van der Waals surface area contributed by atoms with Crippen LogP contribution < -0.4 is 0 Å². The fourth-order valence-corrected chi connectivity index (χ4v) is 3.15. The van der Waals surface area contributed by atoms with Crippen molar-refractivity contribution in [1.82, 2.24) is 4.90 Å². The van der Waals surface area contributed by atoms with Crippen LogP contribution in [0.25, 0.3) is 0 Å². The molecule has 1 atom stereocenters. The van der Waals surface area contributed by atoms with E-state index in [1.165, 1.54) is 44.3 Å². The molecule has 0 spiro atoms. The molecule has 0 aliphatic carbocycles. The van der Waals surface area contributed by atoms with Crippen molar-refractivity contribution in [2.24, 2.45) is 5.92 Å². The van der Waals surface area contributed by atoms with Crippen molar-refractivity contribution >= 4 is 5.97 Å². The van der Waals surface area contributed by atoms with Gasteiger partial charge < -0.3 is 5.11 Å². The van der Waals surface area contributed by atoms with Crippen molar-refractivity contribution in [3.63, 3.8) is 0 Å². The summed E-state index contributed by atoms with van der Waals surface area (Å²) < 4.78 is 0. The third-order valence-electron chi connectivity index (χ3n) is 4.66. The van der Waals surface area contributed by atoms with Gasteiger partial charge in [0.05, 0.1) is 5.92 Å².